The van der Waals surface area contributed by atoms with Crippen molar-refractivity contribution in [2.75, 3.05) is 0 Å². The van der Waals surface area contributed by atoms with Crippen LogP contribution in [0.15, 0.2) is 65.1 Å². The summed E-state index contributed by atoms with van der Waals surface area (Å²) < 4.78 is 44.9. The molecule has 0 atom stereocenters. The molecule has 0 radical (unpaired) electrons. The van der Waals surface area contributed by atoms with E-state index in [1.807, 2.05) is 36.4 Å². The van der Waals surface area contributed by atoms with Gasteiger partial charge in [0, 0.05) is 21.0 Å². The summed E-state index contributed by atoms with van der Waals surface area (Å²) in [6.07, 6.45) is -4.45. The van der Waals surface area contributed by atoms with Gasteiger partial charge in [-0.15, -0.1) is 0 Å². The van der Waals surface area contributed by atoms with E-state index < -0.39 is 11.7 Å². The van der Waals surface area contributed by atoms with E-state index in [1.165, 1.54) is 11.6 Å². The molecule has 0 amide bonds. The lowest BCUT2D eigenvalue weighted by Gasteiger charge is -2.12. The highest BCUT2D eigenvalue weighted by molar-refractivity contribution is 9.10. The highest BCUT2D eigenvalue weighted by atomic mass is 79.9. The van der Waals surface area contributed by atoms with E-state index in [9.17, 15) is 13.2 Å². The van der Waals surface area contributed by atoms with Crippen molar-refractivity contribution in [2.45, 2.75) is 17.7 Å². The molecule has 152 valence electrons. The fraction of sp³-hybridized carbons (Fsp3) is 0.143. The average molecular weight is 522 g/mol. The van der Waals surface area contributed by atoms with E-state index in [1.54, 1.807) is 17.8 Å². The van der Waals surface area contributed by atoms with Crippen molar-refractivity contribution in [1.82, 2.24) is 0 Å². The minimum Gasteiger partial charge on any atom is -0.456 e. The van der Waals surface area contributed by atoms with Gasteiger partial charge in [-0.05, 0) is 59.7 Å². The Labute approximate surface area is 189 Å². The van der Waals surface area contributed by atoms with Gasteiger partial charge in [0.05, 0.1) is 10.6 Å². The number of alkyl halides is 3. The Kier molecular flexibility index (Phi) is 7.43. The smallest absolute Gasteiger partial charge is 0.416 e. The lowest BCUT2D eigenvalue weighted by atomic mass is 10.2. The van der Waals surface area contributed by atoms with E-state index in [2.05, 4.69) is 15.9 Å². The number of halogens is 6. The molecule has 0 aliphatic carbocycles. The summed E-state index contributed by atoms with van der Waals surface area (Å²) in [5, 5.41) is 0.606. The first-order valence-corrected chi connectivity index (χ1v) is 11.1. The zero-order chi connectivity index (χ0) is 21.0. The number of ether oxygens (including phenoxy) is 1. The van der Waals surface area contributed by atoms with E-state index in [-0.39, 0.29) is 10.8 Å². The Bertz CT molecular complexity index is 994. The third-order valence-corrected chi connectivity index (χ3v) is 6.32. The number of thioether (sulfide) groups is 1. The number of rotatable bonds is 6. The fourth-order valence-electron chi connectivity index (χ4n) is 2.47. The number of benzene rings is 3. The van der Waals surface area contributed by atoms with Crippen LogP contribution in [-0.4, -0.2) is 0 Å². The Hall–Kier alpha value is -1.34. The Morgan fingerprint density at radius 3 is 2.28 bits per heavy atom. The summed E-state index contributed by atoms with van der Waals surface area (Å²) in [7, 11) is 0. The van der Waals surface area contributed by atoms with Gasteiger partial charge < -0.3 is 4.74 Å². The van der Waals surface area contributed by atoms with E-state index in [0.717, 1.165) is 33.7 Å². The van der Waals surface area contributed by atoms with Crippen molar-refractivity contribution in [3.63, 3.8) is 0 Å². The van der Waals surface area contributed by atoms with Crippen LogP contribution < -0.4 is 4.74 Å². The van der Waals surface area contributed by atoms with Gasteiger partial charge in [-0.25, -0.2) is 0 Å². The Morgan fingerprint density at radius 1 is 0.897 bits per heavy atom. The van der Waals surface area contributed by atoms with E-state index in [4.69, 9.17) is 27.9 Å². The molecule has 8 heteroatoms. The minimum absolute atomic E-state index is 0.0959. The van der Waals surface area contributed by atoms with Crippen LogP contribution in [0.1, 0.15) is 16.7 Å². The monoisotopic (exact) mass is 520 g/mol. The molecule has 3 aromatic carbocycles. The molecule has 0 aliphatic heterocycles. The maximum Gasteiger partial charge on any atom is 0.416 e. The van der Waals surface area contributed by atoms with Crippen LogP contribution in [0.25, 0.3) is 0 Å². The summed E-state index contributed by atoms with van der Waals surface area (Å²) in [5.41, 5.74) is 1.36. The SMILES string of the molecule is FC(F)(F)c1ccc(Oc2ccc(Br)c(CSCc3ccc(Cl)cc3)c2)c(Cl)c1. The summed E-state index contributed by atoms with van der Waals surface area (Å²) >= 11 is 17.1. The highest BCUT2D eigenvalue weighted by Crippen LogP contribution is 2.37. The van der Waals surface area contributed by atoms with Crippen molar-refractivity contribution in [2.24, 2.45) is 0 Å². The molecule has 1 nitrogen and oxygen atoms in total. The van der Waals surface area contributed by atoms with E-state index in [0.29, 0.717) is 10.8 Å². The molecule has 0 fully saturated rings. The fourth-order valence-corrected chi connectivity index (χ4v) is 4.38. The van der Waals surface area contributed by atoms with Gasteiger partial charge in [0.15, 0.2) is 0 Å². The molecule has 0 bridgehead atoms. The van der Waals surface area contributed by atoms with Crippen molar-refractivity contribution in [3.8, 4) is 11.5 Å². The van der Waals surface area contributed by atoms with Gasteiger partial charge in [-0.1, -0.05) is 51.3 Å². The highest BCUT2D eigenvalue weighted by Gasteiger charge is 2.31. The van der Waals surface area contributed by atoms with E-state index >= 15 is 0 Å². The topological polar surface area (TPSA) is 9.23 Å². The minimum atomic E-state index is -4.45. The van der Waals surface area contributed by atoms with Gasteiger partial charge >= 0.3 is 6.18 Å². The van der Waals surface area contributed by atoms with Crippen molar-refractivity contribution in [3.05, 3.63) is 91.9 Å². The van der Waals surface area contributed by atoms with Crippen LogP contribution >= 0.6 is 50.9 Å². The Balaban J connectivity index is 1.68. The second-order valence-corrected chi connectivity index (χ2v) is 8.80. The molecule has 0 N–H and O–H groups in total. The predicted molar refractivity (Wildman–Crippen MR) is 117 cm³/mol. The molecule has 3 rings (SSSR count). The molecule has 3 aromatic rings. The lowest BCUT2D eigenvalue weighted by Crippen LogP contribution is -2.04. The van der Waals surface area contributed by atoms with Crippen LogP contribution in [0.2, 0.25) is 10.0 Å². The largest absolute Gasteiger partial charge is 0.456 e. The van der Waals surface area contributed by atoms with Crippen LogP contribution in [0.5, 0.6) is 11.5 Å². The van der Waals surface area contributed by atoms with Gasteiger partial charge in [-0.3, -0.25) is 0 Å². The quantitative estimate of drug-likeness (QED) is 0.320. The van der Waals surface area contributed by atoms with Gasteiger partial charge in [0.2, 0.25) is 0 Å². The number of hydrogen-bond acceptors (Lipinski definition) is 2. The normalized spacial score (nSPS) is 11.5. The second-order valence-electron chi connectivity index (χ2n) is 6.12. The van der Waals surface area contributed by atoms with Crippen molar-refractivity contribution >= 4 is 50.9 Å². The molecule has 0 spiro atoms. The van der Waals surface area contributed by atoms with Crippen molar-refractivity contribution in [1.29, 1.82) is 0 Å². The molecule has 0 aromatic heterocycles. The summed E-state index contributed by atoms with van der Waals surface area (Å²) in [5.74, 6) is 2.21. The molecular weight excluding hydrogens is 508 g/mol. The predicted octanol–water partition coefficient (Wildman–Crippen LogP) is 9.00. The van der Waals surface area contributed by atoms with Gasteiger partial charge in [0.1, 0.15) is 11.5 Å². The molecular formula is C21H14BrCl2F3OS. The first kappa shape index (κ1) is 22.3. The molecule has 0 saturated heterocycles. The third-order valence-electron chi connectivity index (χ3n) is 3.94. The molecule has 29 heavy (non-hydrogen) atoms. The third kappa shape index (κ3) is 6.32. The zero-order valence-electron chi connectivity index (χ0n) is 14.8. The first-order chi connectivity index (χ1) is 13.7. The molecule has 0 unspecified atom stereocenters. The zero-order valence-corrected chi connectivity index (χ0v) is 18.7. The summed E-state index contributed by atoms with van der Waals surface area (Å²) in [6, 6.07) is 16.1. The maximum absolute atomic E-state index is 12.8. The van der Waals surface area contributed by atoms with Gasteiger partial charge in [-0.2, -0.15) is 24.9 Å². The molecule has 0 heterocycles. The second kappa shape index (κ2) is 9.65. The average Bonchev–Trinajstić information content (AvgIpc) is 2.66. The van der Waals surface area contributed by atoms with Gasteiger partial charge in [0.25, 0.3) is 0 Å². The van der Waals surface area contributed by atoms with Crippen LogP contribution in [0.4, 0.5) is 13.2 Å². The molecule has 0 aliphatic rings. The maximum atomic E-state index is 12.8. The lowest BCUT2D eigenvalue weighted by molar-refractivity contribution is -0.137. The van der Waals surface area contributed by atoms with Crippen LogP contribution in [-0.2, 0) is 17.7 Å². The van der Waals surface area contributed by atoms with Crippen molar-refractivity contribution < 1.29 is 17.9 Å². The van der Waals surface area contributed by atoms with Crippen LogP contribution in [0, 0.1) is 0 Å². The standard InChI is InChI=1S/C21H14BrCl2F3OS/c22-18-7-6-17(28-20-8-3-15(10-19(20)24)21(25,26)27)9-14(18)12-29-11-13-1-4-16(23)5-2-13/h1-10H,11-12H2. The first-order valence-electron chi connectivity index (χ1n) is 8.37. The summed E-state index contributed by atoms with van der Waals surface area (Å²) in [4.78, 5) is 0. The molecule has 0 saturated carbocycles. The Morgan fingerprint density at radius 2 is 1.62 bits per heavy atom. The number of hydrogen-bond donors (Lipinski definition) is 0. The summed E-state index contributed by atoms with van der Waals surface area (Å²) in [6.45, 7) is 0. The van der Waals surface area contributed by atoms with Crippen LogP contribution in [0.3, 0.4) is 0 Å².